The molecule has 0 aromatic heterocycles. The van der Waals surface area contributed by atoms with Gasteiger partial charge in [-0.2, -0.15) is 0 Å². The third-order valence-corrected chi connectivity index (χ3v) is 1.42. The van der Waals surface area contributed by atoms with Crippen LogP contribution in [0.3, 0.4) is 0 Å². The lowest BCUT2D eigenvalue weighted by molar-refractivity contribution is -0.148. The number of rotatable bonds is 8. The highest BCUT2D eigenvalue weighted by molar-refractivity contribution is 5.76. The van der Waals surface area contributed by atoms with E-state index in [-0.39, 0.29) is 26.1 Å². The van der Waals surface area contributed by atoms with Gasteiger partial charge in [0, 0.05) is 6.42 Å². The first-order chi connectivity index (χ1) is 7.16. The summed E-state index contributed by atoms with van der Waals surface area (Å²) >= 11 is 0. The minimum atomic E-state index is -1.01. The second kappa shape index (κ2) is 9.03. The van der Waals surface area contributed by atoms with Crippen molar-refractivity contribution in [2.24, 2.45) is 0 Å². The van der Waals surface area contributed by atoms with E-state index in [9.17, 15) is 9.59 Å². The van der Waals surface area contributed by atoms with Crippen molar-refractivity contribution in [2.75, 3.05) is 19.8 Å². The van der Waals surface area contributed by atoms with Gasteiger partial charge in [0.2, 0.25) is 0 Å². The number of aliphatic carboxylic acids is 1. The van der Waals surface area contributed by atoms with Crippen molar-refractivity contribution in [2.45, 2.75) is 19.3 Å². The molecule has 0 heterocycles. The topological polar surface area (TPSA) is 72.8 Å². The van der Waals surface area contributed by atoms with Crippen LogP contribution in [0.4, 0.5) is 0 Å². The normalized spacial score (nSPS) is 9.27. The molecular weight excluding hydrogens is 200 g/mol. The Balaban J connectivity index is 3.24. The molecule has 84 valence electrons. The predicted molar refractivity (Wildman–Crippen MR) is 52.1 cm³/mol. The largest absolute Gasteiger partial charge is 0.481 e. The van der Waals surface area contributed by atoms with Crippen LogP contribution in [-0.2, 0) is 19.1 Å². The monoisotopic (exact) mass is 214 g/mol. The number of esters is 1. The molecule has 0 aliphatic carbocycles. The minimum absolute atomic E-state index is 0.0967. The molecule has 0 aliphatic heterocycles. The Morgan fingerprint density at radius 1 is 1.27 bits per heavy atom. The number of terminal acetylenes is 1. The maximum Gasteiger partial charge on any atom is 0.306 e. The van der Waals surface area contributed by atoms with E-state index in [1.165, 1.54) is 0 Å². The summed E-state index contributed by atoms with van der Waals surface area (Å²) in [6, 6.07) is 0. The molecule has 5 heteroatoms. The van der Waals surface area contributed by atoms with Gasteiger partial charge < -0.3 is 14.6 Å². The maximum atomic E-state index is 10.9. The first-order valence-electron chi connectivity index (χ1n) is 4.55. The van der Waals surface area contributed by atoms with Crippen LogP contribution < -0.4 is 0 Å². The van der Waals surface area contributed by atoms with Gasteiger partial charge in [0.1, 0.15) is 6.61 Å². The lowest BCUT2D eigenvalue weighted by Gasteiger charge is -2.03. The van der Waals surface area contributed by atoms with Gasteiger partial charge in [0.15, 0.2) is 0 Å². The minimum Gasteiger partial charge on any atom is -0.481 e. The number of ether oxygens (including phenoxy) is 2. The molecule has 0 aromatic carbocycles. The van der Waals surface area contributed by atoms with E-state index in [2.05, 4.69) is 5.92 Å². The number of carbonyl (C=O) groups excluding carboxylic acids is 1. The third kappa shape index (κ3) is 10.4. The quantitative estimate of drug-likeness (QED) is 0.360. The van der Waals surface area contributed by atoms with Crippen LogP contribution >= 0.6 is 0 Å². The summed E-state index contributed by atoms with van der Waals surface area (Å²) < 4.78 is 9.68. The molecule has 15 heavy (non-hydrogen) atoms. The standard InChI is InChI=1S/C10H14O5/c1-2-6-14-7-3-8-15-10(13)5-4-9(11)12/h1H,3-8H2,(H,11,12). The Hall–Kier alpha value is -1.54. The second-order valence-electron chi connectivity index (χ2n) is 2.72. The van der Waals surface area contributed by atoms with Crippen LogP contribution in [0, 0.1) is 12.3 Å². The highest BCUT2D eigenvalue weighted by atomic mass is 16.5. The van der Waals surface area contributed by atoms with Crippen LogP contribution in [0.5, 0.6) is 0 Å². The molecule has 0 amide bonds. The van der Waals surface area contributed by atoms with E-state index in [4.69, 9.17) is 21.0 Å². The van der Waals surface area contributed by atoms with Crippen LogP contribution in [0.15, 0.2) is 0 Å². The fraction of sp³-hybridized carbons (Fsp3) is 0.600. The number of carbonyl (C=O) groups is 2. The smallest absolute Gasteiger partial charge is 0.306 e. The zero-order chi connectivity index (χ0) is 11.5. The molecule has 0 aromatic rings. The number of hydrogen-bond acceptors (Lipinski definition) is 4. The number of carboxylic acids is 1. The lowest BCUT2D eigenvalue weighted by atomic mass is 10.3. The van der Waals surface area contributed by atoms with Crippen molar-refractivity contribution in [3.63, 3.8) is 0 Å². The third-order valence-electron chi connectivity index (χ3n) is 1.42. The summed E-state index contributed by atoms with van der Waals surface area (Å²) in [5, 5.41) is 8.28. The average Bonchev–Trinajstić information content (AvgIpc) is 2.20. The molecular formula is C10H14O5. The van der Waals surface area contributed by atoms with Gasteiger partial charge in [0.25, 0.3) is 0 Å². The SMILES string of the molecule is C#CCOCCCOC(=O)CCC(=O)O. The summed E-state index contributed by atoms with van der Waals surface area (Å²) in [7, 11) is 0. The van der Waals surface area contributed by atoms with Gasteiger partial charge in [-0.25, -0.2) is 0 Å². The Morgan fingerprint density at radius 3 is 2.60 bits per heavy atom. The highest BCUT2D eigenvalue weighted by Gasteiger charge is 2.05. The van der Waals surface area contributed by atoms with Crippen molar-refractivity contribution in [3.8, 4) is 12.3 Å². The molecule has 1 N–H and O–H groups in total. The van der Waals surface area contributed by atoms with Crippen LogP contribution in [0.2, 0.25) is 0 Å². The van der Waals surface area contributed by atoms with E-state index in [1.807, 2.05) is 0 Å². The van der Waals surface area contributed by atoms with E-state index < -0.39 is 11.9 Å². The summed E-state index contributed by atoms with van der Waals surface area (Å²) in [4.78, 5) is 21.0. The van der Waals surface area contributed by atoms with E-state index >= 15 is 0 Å². The van der Waals surface area contributed by atoms with Gasteiger partial charge in [-0.3, -0.25) is 9.59 Å². The summed E-state index contributed by atoms with van der Waals surface area (Å²) in [6.45, 7) is 0.895. The van der Waals surface area contributed by atoms with Crippen LogP contribution in [0.1, 0.15) is 19.3 Å². The molecule has 0 saturated heterocycles. The van der Waals surface area contributed by atoms with Crippen molar-refractivity contribution in [3.05, 3.63) is 0 Å². The fourth-order valence-electron chi connectivity index (χ4n) is 0.759. The van der Waals surface area contributed by atoms with E-state index in [0.29, 0.717) is 13.0 Å². The maximum absolute atomic E-state index is 10.9. The number of carboxylic acid groups (broad SMARTS) is 1. The van der Waals surface area contributed by atoms with Gasteiger partial charge in [-0.15, -0.1) is 6.42 Å². The molecule has 0 saturated carbocycles. The van der Waals surface area contributed by atoms with Crippen molar-refractivity contribution in [1.29, 1.82) is 0 Å². The number of hydrogen-bond donors (Lipinski definition) is 1. The van der Waals surface area contributed by atoms with Crippen molar-refractivity contribution >= 4 is 11.9 Å². The van der Waals surface area contributed by atoms with E-state index in [1.54, 1.807) is 0 Å². The summed E-state index contributed by atoms with van der Waals surface area (Å²) in [5.74, 6) is 0.790. The Bertz CT molecular complexity index is 241. The zero-order valence-corrected chi connectivity index (χ0v) is 8.40. The van der Waals surface area contributed by atoms with Crippen molar-refractivity contribution in [1.82, 2.24) is 0 Å². The fourth-order valence-corrected chi connectivity index (χ4v) is 0.759. The van der Waals surface area contributed by atoms with Gasteiger partial charge in [0.05, 0.1) is 26.1 Å². The van der Waals surface area contributed by atoms with Gasteiger partial charge in [-0.1, -0.05) is 5.92 Å². The Morgan fingerprint density at radius 2 is 2.00 bits per heavy atom. The molecule has 0 radical (unpaired) electrons. The molecule has 0 unspecified atom stereocenters. The molecule has 0 spiro atoms. The molecule has 0 atom stereocenters. The molecule has 0 rings (SSSR count). The second-order valence-corrected chi connectivity index (χ2v) is 2.72. The summed E-state index contributed by atoms with van der Waals surface area (Å²) in [6.07, 6.45) is 5.20. The summed E-state index contributed by atoms with van der Waals surface area (Å²) in [5.41, 5.74) is 0. The zero-order valence-electron chi connectivity index (χ0n) is 8.40. The first kappa shape index (κ1) is 13.5. The molecule has 5 nitrogen and oxygen atoms in total. The van der Waals surface area contributed by atoms with Gasteiger partial charge in [-0.05, 0) is 0 Å². The average molecular weight is 214 g/mol. The van der Waals surface area contributed by atoms with Crippen LogP contribution in [-0.4, -0.2) is 36.9 Å². The van der Waals surface area contributed by atoms with Gasteiger partial charge >= 0.3 is 11.9 Å². The molecule has 0 aliphatic rings. The Labute approximate surface area is 88.4 Å². The lowest BCUT2D eigenvalue weighted by Crippen LogP contribution is -2.09. The van der Waals surface area contributed by atoms with Crippen molar-refractivity contribution < 1.29 is 24.2 Å². The predicted octanol–water partition coefficient (Wildman–Crippen LogP) is 0.434. The molecule has 0 fully saturated rings. The Kier molecular flexibility index (Phi) is 8.10. The first-order valence-corrected chi connectivity index (χ1v) is 4.55. The highest BCUT2D eigenvalue weighted by Crippen LogP contribution is 1.94. The van der Waals surface area contributed by atoms with Crippen LogP contribution in [0.25, 0.3) is 0 Å². The molecule has 0 bridgehead atoms. The van der Waals surface area contributed by atoms with E-state index in [0.717, 1.165) is 0 Å².